The van der Waals surface area contributed by atoms with Crippen molar-refractivity contribution < 1.29 is 24.9 Å². The van der Waals surface area contributed by atoms with Gasteiger partial charge < -0.3 is 15.3 Å². The van der Waals surface area contributed by atoms with Crippen molar-refractivity contribution in [3.8, 4) is 6.07 Å². The first-order valence-electron chi connectivity index (χ1n) is 9.38. The molecule has 0 saturated heterocycles. The number of ketones is 1. The molecule has 1 saturated carbocycles. The molecule has 1 aliphatic rings. The summed E-state index contributed by atoms with van der Waals surface area (Å²) in [6.45, 7) is 0. The SMILES string of the molecule is N#Cc1cccc(CC(O)C=C[C@H]2C(O)CC(=O)C2SCCCSCC(=O)O)c1. The Morgan fingerprint density at radius 3 is 2.90 bits per heavy atom. The molecule has 4 atom stereocenters. The van der Waals surface area contributed by atoms with Crippen LogP contribution < -0.4 is 0 Å². The highest BCUT2D eigenvalue weighted by Gasteiger charge is 2.40. The molecule has 0 aliphatic heterocycles. The van der Waals surface area contributed by atoms with Crippen molar-refractivity contribution in [1.29, 1.82) is 5.26 Å². The summed E-state index contributed by atoms with van der Waals surface area (Å²) in [5, 5.41) is 37.7. The van der Waals surface area contributed by atoms with Crippen LogP contribution in [0.5, 0.6) is 0 Å². The summed E-state index contributed by atoms with van der Waals surface area (Å²) >= 11 is 2.83. The van der Waals surface area contributed by atoms with E-state index in [1.807, 2.05) is 6.07 Å². The van der Waals surface area contributed by atoms with Gasteiger partial charge in [0.25, 0.3) is 0 Å². The number of nitrogens with zero attached hydrogens (tertiary/aromatic N) is 1. The summed E-state index contributed by atoms with van der Waals surface area (Å²) in [5.41, 5.74) is 1.38. The average Bonchev–Trinajstić information content (AvgIpc) is 2.95. The fraction of sp³-hybridized carbons (Fsp3) is 0.476. The number of aliphatic hydroxyl groups is 2. The van der Waals surface area contributed by atoms with E-state index in [2.05, 4.69) is 6.07 Å². The molecule has 156 valence electrons. The zero-order chi connectivity index (χ0) is 21.2. The van der Waals surface area contributed by atoms with Gasteiger partial charge in [0.2, 0.25) is 0 Å². The van der Waals surface area contributed by atoms with Gasteiger partial charge in [-0.3, -0.25) is 9.59 Å². The maximum absolute atomic E-state index is 12.2. The average molecular weight is 436 g/mol. The molecule has 1 fully saturated rings. The van der Waals surface area contributed by atoms with E-state index in [0.29, 0.717) is 23.5 Å². The summed E-state index contributed by atoms with van der Waals surface area (Å²) in [4.78, 5) is 22.7. The van der Waals surface area contributed by atoms with Gasteiger partial charge >= 0.3 is 5.97 Å². The number of benzene rings is 1. The summed E-state index contributed by atoms with van der Waals surface area (Å²) in [6, 6.07) is 9.11. The standard InChI is InChI=1S/C21H25NO5S2/c22-12-15-4-1-3-14(9-15)10-16(23)5-6-17-18(24)11-19(25)21(17)29-8-2-7-28-13-20(26)27/h1,3-6,9,16-18,21,23-24H,2,7-8,10-11,13H2,(H,26,27)/t16?,17-,18?,21?/m0/s1. The fourth-order valence-electron chi connectivity index (χ4n) is 3.17. The molecule has 0 amide bonds. The lowest BCUT2D eigenvalue weighted by molar-refractivity contribution is -0.133. The number of hydrogen-bond acceptors (Lipinski definition) is 7. The second kappa shape index (κ2) is 12.0. The number of aliphatic hydroxyl groups excluding tert-OH is 2. The Morgan fingerprint density at radius 1 is 1.38 bits per heavy atom. The van der Waals surface area contributed by atoms with Crippen LogP contribution in [0.2, 0.25) is 0 Å². The van der Waals surface area contributed by atoms with Crippen LogP contribution in [0.3, 0.4) is 0 Å². The summed E-state index contributed by atoms with van der Waals surface area (Å²) in [7, 11) is 0. The van der Waals surface area contributed by atoms with Crippen molar-refractivity contribution in [2.45, 2.75) is 36.7 Å². The molecule has 1 aromatic rings. The molecule has 2 rings (SSSR count). The number of Topliss-reactive ketones (excluding diaryl/α,β-unsaturated/α-hetero) is 1. The lowest BCUT2D eigenvalue weighted by atomic mass is 10.0. The highest BCUT2D eigenvalue weighted by Crippen LogP contribution is 2.34. The van der Waals surface area contributed by atoms with E-state index >= 15 is 0 Å². The molecule has 0 heterocycles. The van der Waals surface area contributed by atoms with Crippen LogP contribution in [0.1, 0.15) is 24.0 Å². The molecular formula is C21H25NO5S2. The zero-order valence-electron chi connectivity index (χ0n) is 15.9. The second-order valence-electron chi connectivity index (χ2n) is 6.87. The predicted molar refractivity (Wildman–Crippen MR) is 115 cm³/mol. The van der Waals surface area contributed by atoms with Crippen LogP contribution in [-0.2, 0) is 16.0 Å². The molecule has 0 aromatic heterocycles. The van der Waals surface area contributed by atoms with Crippen LogP contribution in [0.15, 0.2) is 36.4 Å². The first-order valence-corrected chi connectivity index (χ1v) is 11.6. The van der Waals surface area contributed by atoms with Crippen LogP contribution in [0.4, 0.5) is 0 Å². The van der Waals surface area contributed by atoms with Crippen LogP contribution in [0.25, 0.3) is 0 Å². The first kappa shape index (κ1) is 23.5. The van der Waals surface area contributed by atoms with Gasteiger partial charge in [0.15, 0.2) is 0 Å². The van der Waals surface area contributed by atoms with E-state index in [4.69, 9.17) is 10.4 Å². The zero-order valence-corrected chi connectivity index (χ0v) is 17.6. The van der Waals surface area contributed by atoms with Crippen LogP contribution in [0, 0.1) is 17.2 Å². The van der Waals surface area contributed by atoms with Gasteiger partial charge in [0, 0.05) is 18.8 Å². The lowest BCUT2D eigenvalue weighted by Crippen LogP contribution is -2.22. The third-order valence-corrected chi connectivity index (χ3v) is 7.02. The highest BCUT2D eigenvalue weighted by atomic mass is 32.2. The van der Waals surface area contributed by atoms with Gasteiger partial charge in [-0.2, -0.15) is 17.0 Å². The number of carbonyl (C=O) groups is 2. The van der Waals surface area contributed by atoms with Crippen molar-refractivity contribution in [2.24, 2.45) is 5.92 Å². The van der Waals surface area contributed by atoms with Crippen LogP contribution in [-0.4, -0.2) is 61.8 Å². The van der Waals surface area contributed by atoms with Crippen molar-refractivity contribution in [2.75, 3.05) is 17.3 Å². The molecule has 8 heteroatoms. The van der Waals surface area contributed by atoms with E-state index in [1.54, 1.807) is 30.4 Å². The van der Waals surface area contributed by atoms with Gasteiger partial charge in [-0.1, -0.05) is 24.3 Å². The molecule has 3 N–H and O–H groups in total. The smallest absolute Gasteiger partial charge is 0.313 e. The molecule has 3 unspecified atom stereocenters. The molecular weight excluding hydrogens is 410 g/mol. The van der Waals surface area contributed by atoms with Gasteiger partial charge in [-0.05, 0) is 35.6 Å². The molecule has 0 spiro atoms. The van der Waals surface area contributed by atoms with E-state index in [9.17, 15) is 19.8 Å². The Hall–Kier alpha value is -1.79. The Kier molecular flexibility index (Phi) is 9.74. The van der Waals surface area contributed by atoms with Crippen molar-refractivity contribution >= 4 is 35.3 Å². The topological polar surface area (TPSA) is 119 Å². The van der Waals surface area contributed by atoms with Gasteiger partial charge in [0.1, 0.15) is 5.78 Å². The second-order valence-corrected chi connectivity index (χ2v) is 9.23. The lowest BCUT2D eigenvalue weighted by Gasteiger charge is -2.17. The number of carbonyl (C=O) groups excluding carboxylic acids is 1. The van der Waals surface area contributed by atoms with Crippen molar-refractivity contribution in [3.05, 3.63) is 47.5 Å². The van der Waals surface area contributed by atoms with Crippen molar-refractivity contribution in [3.63, 3.8) is 0 Å². The minimum absolute atomic E-state index is 0.00606. The quantitative estimate of drug-likeness (QED) is 0.358. The normalized spacial score (nSPS) is 22.7. The largest absolute Gasteiger partial charge is 0.481 e. The maximum atomic E-state index is 12.2. The monoisotopic (exact) mass is 435 g/mol. The molecule has 0 radical (unpaired) electrons. The Bertz CT molecular complexity index is 777. The molecule has 29 heavy (non-hydrogen) atoms. The number of hydrogen-bond donors (Lipinski definition) is 3. The number of carboxylic acids is 1. The van der Waals surface area contributed by atoms with E-state index in [0.717, 1.165) is 12.0 Å². The number of aliphatic carboxylic acids is 1. The summed E-state index contributed by atoms with van der Waals surface area (Å²) < 4.78 is 0. The minimum Gasteiger partial charge on any atom is -0.481 e. The number of nitriles is 1. The van der Waals surface area contributed by atoms with Crippen LogP contribution >= 0.6 is 23.5 Å². The van der Waals surface area contributed by atoms with E-state index in [-0.39, 0.29) is 29.1 Å². The third-order valence-electron chi connectivity index (χ3n) is 4.53. The fourth-order valence-corrected chi connectivity index (χ4v) is 5.36. The molecule has 1 aromatic carbocycles. The van der Waals surface area contributed by atoms with Gasteiger partial charge in [-0.25, -0.2) is 0 Å². The molecule has 1 aliphatic carbocycles. The molecule has 6 nitrogen and oxygen atoms in total. The van der Waals surface area contributed by atoms with E-state index < -0.39 is 18.2 Å². The van der Waals surface area contributed by atoms with Gasteiger partial charge in [0.05, 0.1) is 34.8 Å². The number of carboxylic acid groups (broad SMARTS) is 1. The summed E-state index contributed by atoms with van der Waals surface area (Å²) in [5.74, 6) is 0.324. The third kappa shape index (κ3) is 7.86. The number of rotatable bonds is 11. The van der Waals surface area contributed by atoms with E-state index in [1.165, 1.54) is 23.5 Å². The number of thioether (sulfide) groups is 2. The first-order chi connectivity index (χ1) is 13.9. The van der Waals surface area contributed by atoms with Gasteiger partial charge in [-0.15, -0.1) is 11.8 Å². The Balaban J connectivity index is 1.86. The minimum atomic E-state index is -0.833. The Labute approximate surface area is 179 Å². The maximum Gasteiger partial charge on any atom is 0.313 e. The van der Waals surface area contributed by atoms with Crippen molar-refractivity contribution in [1.82, 2.24) is 0 Å². The Morgan fingerprint density at radius 2 is 2.17 bits per heavy atom. The predicted octanol–water partition coefficient (Wildman–Crippen LogP) is 2.28. The highest BCUT2D eigenvalue weighted by molar-refractivity contribution is 8.01. The molecule has 0 bridgehead atoms. The summed E-state index contributed by atoms with van der Waals surface area (Å²) in [6.07, 6.45) is 3.06.